The summed E-state index contributed by atoms with van der Waals surface area (Å²) in [5.74, 6) is 0.0517. The Morgan fingerprint density at radius 3 is 2.71 bits per heavy atom. The van der Waals surface area contributed by atoms with Gasteiger partial charge in [-0.25, -0.2) is 4.85 Å². The highest BCUT2D eigenvalue weighted by molar-refractivity contribution is 5.62. The quantitative estimate of drug-likeness (QED) is 0.572. The first-order valence-electron chi connectivity index (χ1n) is 4.37. The minimum Gasteiger partial charge on any atom is -0.519 e. The molecular formula is C11H12N2O. The summed E-state index contributed by atoms with van der Waals surface area (Å²) in [6, 6.07) is 3.46. The Morgan fingerprint density at radius 2 is 2.29 bits per heavy atom. The van der Waals surface area contributed by atoms with Gasteiger partial charge in [-0.3, -0.25) is 4.98 Å². The van der Waals surface area contributed by atoms with Crippen LogP contribution in [-0.2, 0) is 0 Å². The summed E-state index contributed by atoms with van der Waals surface area (Å²) in [5, 5.41) is 9.78. The van der Waals surface area contributed by atoms with Crippen molar-refractivity contribution in [3.05, 3.63) is 47.2 Å². The standard InChI is InChI=1S/C11H12N2O/c1-8(2)10(12-3)11(14)9-5-4-6-13-7-9/h4-8,14H,1-2H3/b11-10-. The van der Waals surface area contributed by atoms with Crippen molar-refractivity contribution < 1.29 is 5.11 Å². The molecule has 0 spiro atoms. The Bertz CT molecular complexity index is 374. The highest BCUT2D eigenvalue weighted by Gasteiger charge is 2.11. The van der Waals surface area contributed by atoms with Gasteiger partial charge in [-0.2, -0.15) is 0 Å². The number of nitrogens with zero attached hydrogens (tertiary/aromatic N) is 2. The second kappa shape index (κ2) is 4.43. The Morgan fingerprint density at radius 1 is 1.57 bits per heavy atom. The predicted octanol–water partition coefficient (Wildman–Crippen LogP) is 2.88. The van der Waals surface area contributed by atoms with Crippen LogP contribution in [-0.4, -0.2) is 10.1 Å². The van der Waals surface area contributed by atoms with Crippen LogP contribution in [0.25, 0.3) is 10.6 Å². The Balaban J connectivity index is 3.17. The zero-order chi connectivity index (χ0) is 10.6. The average Bonchev–Trinajstić information content (AvgIpc) is 2.19. The van der Waals surface area contributed by atoms with Gasteiger partial charge in [-0.1, -0.05) is 13.8 Å². The maximum Gasteiger partial charge on any atom is 0.209 e. The van der Waals surface area contributed by atoms with Gasteiger partial charge in [0.05, 0.1) is 6.57 Å². The Labute approximate surface area is 83.5 Å². The van der Waals surface area contributed by atoms with E-state index in [1.165, 1.54) is 0 Å². The summed E-state index contributed by atoms with van der Waals surface area (Å²) < 4.78 is 0. The third kappa shape index (κ3) is 2.11. The van der Waals surface area contributed by atoms with E-state index in [2.05, 4.69) is 9.83 Å². The maximum atomic E-state index is 9.78. The molecule has 0 aromatic carbocycles. The fourth-order valence-corrected chi connectivity index (χ4v) is 1.11. The largest absolute Gasteiger partial charge is 0.519 e. The number of hydrogen-bond acceptors (Lipinski definition) is 2. The lowest BCUT2D eigenvalue weighted by Gasteiger charge is -2.06. The third-order valence-electron chi connectivity index (χ3n) is 1.84. The van der Waals surface area contributed by atoms with E-state index >= 15 is 0 Å². The average molecular weight is 188 g/mol. The minimum absolute atomic E-state index is 0.0210. The van der Waals surface area contributed by atoms with Crippen LogP contribution in [0.15, 0.2) is 30.2 Å². The van der Waals surface area contributed by atoms with E-state index < -0.39 is 0 Å². The van der Waals surface area contributed by atoms with Crippen LogP contribution in [0, 0.1) is 12.5 Å². The van der Waals surface area contributed by atoms with E-state index in [1.807, 2.05) is 13.8 Å². The first-order valence-corrected chi connectivity index (χ1v) is 4.37. The first-order chi connectivity index (χ1) is 6.66. The Hall–Kier alpha value is -1.82. The maximum absolute atomic E-state index is 9.78. The zero-order valence-corrected chi connectivity index (χ0v) is 8.23. The van der Waals surface area contributed by atoms with Crippen molar-refractivity contribution in [3.8, 4) is 0 Å². The SMILES string of the molecule is [C-]#[N+]/C(=C(\O)c1cccnc1)C(C)C. The summed E-state index contributed by atoms with van der Waals surface area (Å²) in [5.41, 5.74) is 0.963. The van der Waals surface area contributed by atoms with Crippen molar-refractivity contribution in [1.82, 2.24) is 4.98 Å². The fourth-order valence-electron chi connectivity index (χ4n) is 1.11. The topological polar surface area (TPSA) is 37.5 Å². The molecule has 0 bridgehead atoms. The second-order valence-electron chi connectivity index (χ2n) is 3.24. The normalized spacial score (nSPS) is 12.1. The van der Waals surface area contributed by atoms with Gasteiger partial charge in [0, 0.05) is 18.0 Å². The summed E-state index contributed by atoms with van der Waals surface area (Å²) in [7, 11) is 0. The monoisotopic (exact) mass is 188 g/mol. The van der Waals surface area contributed by atoms with Gasteiger partial charge in [0.15, 0.2) is 0 Å². The number of rotatable bonds is 2. The minimum atomic E-state index is 0.0210. The van der Waals surface area contributed by atoms with E-state index in [1.54, 1.807) is 24.5 Å². The van der Waals surface area contributed by atoms with E-state index in [0.29, 0.717) is 11.3 Å². The van der Waals surface area contributed by atoms with Crippen molar-refractivity contribution in [2.45, 2.75) is 13.8 Å². The van der Waals surface area contributed by atoms with Crippen molar-refractivity contribution in [2.75, 3.05) is 0 Å². The van der Waals surface area contributed by atoms with Crippen LogP contribution < -0.4 is 0 Å². The molecule has 0 atom stereocenters. The van der Waals surface area contributed by atoms with Gasteiger partial charge in [0.2, 0.25) is 5.70 Å². The molecule has 1 aromatic rings. The summed E-state index contributed by atoms with van der Waals surface area (Å²) in [6.45, 7) is 10.7. The molecule has 72 valence electrons. The first kappa shape index (κ1) is 10.3. The van der Waals surface area contributed by atoms with Crippen molar-refractivity contribution in [3.63, 3.8) is 0 Å². The number of aliphatic hydroxyl groups is 1. The number of aromatic nitrogens is 1. The van der Waals surface area contributed by atoms with Crippen molar-refractivity contribution in [2.24, 2.45) is 5.92 Å². The number of pyridine rings is 1. The number of allylic oxidation sites excluding steroid dienone is 1. The molecule has 0 saturated heterocycles. The predicted molar refractivity (Wildman–Crippen MR) is 55.2 cm³/mol. The Kier molecular flexibility index (Phi) is 3.24. The van der Waals surface area contributed by atoms with Crippen molar-refractivity contribution >= 4 is 5.76 Å². The molecule has 3 heteroatoms. The van der Waals surface area contributed by atoms with Crippen LogP contribution in [0.5, 0.6) is 0 Å². The summed E-state index contributed by atoms with van der Waals surface area (Å²) in [4.78, 5) is 7.20. The van der Waals surface area contributed by atoms with Gasteiger partial charge < -0.3 is 5.11 Å². The molecule has 1 rings (SSSR count). The molecule has 1 heterocycles. The summed E-state index contributed by atoms with van der Waals surface area (Å²) in [6.07, 6.45) is 3.17. The third-order valence-corrected chi connectivity index (χ3v) is 1.84. The second-order valence-corrected chi connectivity index (χ2v) is 3.24. The van der Waals surface area contributed by atoms with Gasteiger partial charge in [-0.15, -0.1) is 0 Å². The fraction of sp³-hybridized carbons (Fsp3) is 0.273. The van der Waals surface area contributed by atoms with Gasteiger partial charge in [0.25, 0.3) is 0 Å². The van der Waals surface area contributed by atoms with Gasteiger partial charge in [-0.05, 0) is 18.1 Å². The van der Waals surface area contributed by atoms with Crippen LogP contribution in [0.1, 0.15) is 19.4 Å². The molecule has 0 fully saturated rings. The smallest absolute Gasteiger partial charge is 0.209 e. The van der Waals surface area contributed by atoms with E-state index in [4.69, 9.17) is 6.57 Å². The zero-order valence-electron chi connectivity index (χ0n) is 8.23. The van der Waals surface area contributed by atoms with Crippen LogP contribution in [0.2, 0.25) is 0 Å². The van der Waals surface area contributed by atoms with Crippen LogP contribution in [0.3, 0.4) is 0 Å². The molecule has 14 heavy (non-hydrogen) atoms. The van der Waals surface area contributed by atoms with E-state index in [-0.39, 0.29) is 11.7 Å². The molecule has 3 nitrogen and oxygen atoms in total. The van der Waals surface area contributed by atoms with Crippen LogP contribution in [0.4, 0.5) is 0 Å². The molecule has 0 unspecified atom stereocenters. The lowest BCUT2D eigenvalue weighted by molar-refractivity contribution is 0.500. The number of aliphatic hydroxyl groups excluding tert-OH is 1. The van der Waals surface area contributed by atoms with Crippen molar-refractivity contribution in [1.29, 1.82) is 0 Å². The van der Waals surface area contributed by atoms with E-state index in [9.17, 15) is 5.11 Å². The molecule has 0 aliphatic carbocycles. The van der Waals surface area contributed by atoms with Crippen LogP contribution >= 0.6 is 0 Å². The van der Waals surface area contributed by atoms with E-state index in [0.717, 1.165) is 0 Å². The molecule has 0 amide bonds. The lowest BCUT2D eigenvalue weighted by Crippen LogP contribution is -1.95. The molecular weight excluding hydrogens is 176 g/mol. The number of hydrogen-bond donors (Lipinski definition) is 1. The molecule has 1 N–H and O–H groups in total. The van der Waals surface area contributed by atoms with Gasteiger partial charge in [0.1, 0.15) is 5.76 Å². The van der Waals surface area contributed by atoms with Gasteiger partial charge >= 0.3 is 0 Å². The highest BCUT2D eigenvalue weighted by atomic mass is 16.3. The summed E-state index contributed by atoms with van der Waals surface area (Å²) >= 11 is 0. The molecule has 0 aliphatic rings. The molecule has 1 aromatic heterocycles. The molecule has 0 saturated carbocycles. The molecule has 0 aliphatic heterocycles. The lowest BCUT2D eigenvalue weighted by atomic mass is 10.1. The molecule has 0 radical (unpaired) electrons. The highest BCUT2D eigenvalue weighted by Crippen LogP contribution is 2.21.